The van der Waals surface area contributed by atoms with Gasteiger partial charge in [-0.25, -0.2) is 15.8 Å². The Morgan fingerprint density at radius 3 is 2.62 bits per heavy atom. The standard InChI is InChI=1S/C11H21N5/c1-5-6-16(4)10-7-9(15-12)13-11(14-10)8(2)3/h7-8H,5-6,12H2,1-4H3,(H,13,14,15). The Balaban J connectivity index is 3.03. The Labute approximate surface area is 97.0 Å². The van der Waals surface area contributed by atoms with E-state index < -0.39 is 0 Å². The zero-order valence-corrected chi connectivity index (χ0v) is 10.5. The molecule has 0 atom stereocenters. The molecule has 1 aromatic heterocycles. The lowest BCUT2D eigenvalue weighted by atomic mass is 10.2. The fraction of sp³-hybridized carbons (Fsp3) is 0.636. The van der Waals surface area contributed by atoms with E-state index in [0.717, 1.165) is 24.6 Å². The number of rotatable bonds is 5. The molecule has 0 amide bonds. The van der Waals surface area contributed by atoms with Crippen LogP contribution in [0.2, 0.25) is 0 Å². The van der Waals surface area contributed by atoms with E-state index in [1.807, 2.05) is 13.1 Å². The van der Waals surface area contributed by atoms with Crippen molar-refractivity contribution in [3.8, 4) is 0 Å². The molecule has 0 saturated carbocycles. The second-order valence-electron chi connectivity index (χ2n) is 4.19. The van der Waals surface area contributed by atoms with Crippen LogP contribution in [0.1, 0.15) is 38.9 Å². The first-order valence-corrected chi connectivity index (χ1v) is 5.65. The van der Waals surface area contributed by atoms with Crippen molar-refractivity contribution >= 4 is 11.6 Å². The average Bonchev–Trinajstić information content (AvgIpc) is 2.28. The van der Waals surface area contributed by atoms with Gasteiger partial charge in [-0.05, 0) is 6.42 Å². The van der Waals surface area contributed by atoms with Crippen molar-refractivity contribution in [1.29, 1.82) is 0 Å². The molecule has 0 saturated heterocycles. The molecule has 1 rings (SSSR count). The summed E-state index contributed by atoms with van der Waals surface area (Å²) in [6, 6.07) is 1.86. The van der Waals surface area contributed by atoms with Crippen molar-refractivity contribution in [3.05, 3.63) is 11.9 Å². The van der Waals surface area contributed by atoms with E-state index in [9.17, 15) is 0 Å². The number of nitrogens with two attached hydrogens (primary N) is 1. The SMILES string of the molecule is CCCN(C)c1cc(NN)nc(C(C)C)n1. The summed E-state index contributed by atoms with van der Waals surface area (Å²) < 4.78 is 0. The van der Waals surface area contributed by atoms with Gasteiger partial charge in [0.15, 0.2) is 0 Å². The van der Waals surface area contributed by atoms with Crippen LogP contribution in [0.25, 0.3) is 0 Å². The highest BCUT2D eigenvalue weighted by Crippen LogP contribution is 2.18. The quantitative estimate of drug-likeness (QED) is 0.588. The molecule has 0 unspecified atom stereocenters. The first kappa shape index (κ1) is 12.7. The van der Waals surface area contributed by atoms with E-state index in [1.54, 1.807) is 0 Å². The van der Waals surface area contributed by atoms with E-state index in [-0.39, 0.29) is 0 Å². The molecule has 0 aromatic carbocycles. The molecule has 1 aromatic rings. The maximum Gasteiger partial charge on any atom is 0.145 e. The third-order valence-corrected chi connectivity index (χ3v) is 2.34. The number of nitrogens with zero attached hydrogens (tertiary/aromatic N) is 3. The van der Waals surface area contributed by atoms with Gasteiger partial charge in [-0.15, -0.1) is 0 Å². The highest BCUT2D eigenvalue weighted by atomic mass is 15.3. The zero-order valence-electron chi connectivity index (χ0n) is 10.5. The van der Waals surface area contributed by atoms with Crippen LogP contribution in [0.15, 0.2) is 6.07 Å². The van der Waals surface area contributed by atoms with Gasteiger partial charge < -0.3 is 10.3 Å². The molecule has 16 heavy (non-hydrogen) atoms. The maximum atomic E-state index is 5.40. The van der Waals surface area contributed by atoms with Crippen LogP contribution in [0.3, 0.4) is 0 Å². The molecular formula is C11H21N5. The monoisotopic (exact) mass is 223 g/mol. The Hall–Kier alpha value is -1.36. The fourth-order valence-corrected chi connectivity index (χ4v) is 1.43. The van der Waals surface area contributed by atoms with Crippen molar-refractivity contribution in [3.63, 3.8) is 0 Å². The van der Waals surface area contributed by atoms with Gasteiger partial charge in [0, 0.05) is 25.6 Å². The van der Waals surface area contributed by atoms with Gasteiger partial charge in [-0.2, -0.15) is 0 Å². The largest absolute Gasteiger partial charge is 0.360 e. The van der Waals surface area contributed by atoms with Crippen molar-refractivity contribution in [1.82, 2.24) is 9.97 Å². The number of hydrogen-bond acceptors (Lipinski definition) is 5. The molecule has 0 radical (unpaired) electrons. The van der Waals surface area contributed by atoms with Crippen molar-refractivity contribution in [2.75, 3.05) is 23.9 Å². The maximum absolute atomic E-state index is 5.40. The predicted molar refractivity (Wildman–Crippen MR) is 67.5 cm³/mol. The average molecular weight is 223 g/mol. The summed E-state index contributed by atoms with van der Waals surface area (Å²) in [5.74, 6) is 8.08. The Morgan fingerprint density at radius 2 is 2.12 bits per heavy atom. The molecule has 1 heterocycles. The second-order valence-corrected chi connectivity index (χ2v) is 4.19. The topological polar surface area (TPSA) is 67.1 Å². The van der Waals surface area contributed by atoms with Crippen LogP contribution >= 0.6 is 0 Å². The minimum Gasteiger partial charge on any atom is -0.360 e. The number of hydrazine groups is 1. The summed E-state index contributed by atoms with van der Waals surface area (Å²) in [7, 11) is 2.02. The third kappa shape index (κ3) is 3.06. The molecule has 0 bridgehead atoms. The van der Waals surface area contributed by atoms with Crippen LogP contribution in [0, 0.1) is 0 Å². The molecule has 5 nitrogen and oxygen atoms in total. The molecule has 0 aliphatic rings. The summed E-state index contributed by atoms with van der Waals surface area (Å²) in [6.07, 6.45) is 1.09. The predicted octanol–water partition coefficient (Wildman–Crippen LogP) is 1.73. The summed E-state index contributed by atoms with van der Waals surface area (Å²) in [6.45, 7) is 7.25. The van der Waals surface area contributed by atoms with E-state index >= 15 is 0 Å². The van der Waals surface area contributed by atoms with Gasteiger partial charge in [0.05, 0.1) is 0 Å². The van der Waals surface area contributed by atoms with E-state index in [4.69, 9.17) is 5.84 Å². The molecule has 3 N–H and O–H groups in total. The van der Waals surface area contributed by atoms with Crippen molar-refractivity contribution in [2.45, 2.75) is 33.1 Å². The highest BCUT2D eigenvalue weighted by molar-refractivity contribution is 5.48. The van der Waals surface area contributed by atoms with Crippen molar-refractivity contribution in [2.24, 2.45) is 5.84 Å². The lowest BCUT2D eigenvalue weighted by Gasteiger charge is -2.19. The Bertz CT molecular complexity index is 337. The van der Waals surface area contributed by atoms with Gasteiger partial charge >= 0.3 is 0 Å². The molecule has 0 fully saturated rings. The van der Waals surface area contributed by atoms with Crippen LogP contribution in [-0.4, -0.2) is 23.6 Å². The Kier molecular flexibility index (Phi) is 4.49. The first-order chi connectivity index (χ1) is 7.58. The number of anilines is 2. The van der Waals surface area contributed by atoms with E-state index in [2.05, 4.69) is 41.1 Å². The Morgan fingerprint density at radius 1 is 1.44 bits per heavy atom. The number of hydrogen-bond donors (Lipinski definition) is 2. The minimum atomic E-state index is 0.294. The zero-order chi connectivity index (χ0) is 12.1. The summed E-state index contributed by atoms with van der Waals surface area (Å²) in [5, 5.41) is 0. The minimum absolute atomic E-state index is 0.294. The number of nitrogens with one attached hydrogen (secondary N) is 1. The molecule has 90 valence electrons. The van der Waals surface area contributed by atoms with Crippen LogP contribution < -0.4 is 16.2 Å². The summed E-state index contributed by atoms with van der Waals surface area (Å²) in [5.41, 5.74) is 2.58. The second kappa shape index (κ2) is 5.65. The van der Waals surface area contributed by atoms with Crippen LogP contribution in [0.4, 0.5) is 11.6 Å². The number of aromatic nitrogens is 2. The van der Waals surface area contributed by atoms with Gasteiger partial charge in [0.2, 0.25) is 0 Å². The lowest BCUT2D eigenvalue weighted by molar-refractivity contribution is 0.758. The summed E-state index contributed by atoms with van der Waals surface area (Å²) in [4.78, 5) is 10.9. The van der Waals surface area contributed by atoms with Crippen LogP contribution in [0.5, 0.6) is 0 Å². The van der Waals surface area contributed by atoms with Gasteiger partial charge in [0.1, 0.15) is 17.5 Å². The molecule has 5 heteroatoms. The molecule has 0 aliphatic heterocycles. The molecular weight excluding hydrogens is 202 g/mol. The third-order valence-electron chi connectivity index (χ3n) is 2.34. The fourth-order valence-electron chi connectivity index (χ4n) is 1.43. The molecule has 0 aliphatic carbocycles. The van der Waals surface area contributed by atoms with E-state index in [1.165, 1.54) is 0 Å². The van der Waals surface area contributed by atoms with Gasteiger partial charge in [0.25, 0.3) is 0 Å². The normalized spacial score (nSPS) is 10.6. The van der Waals surface area contributed by atoms with E-state index in [0.29, 0.717) is 11.7 Å². The van der Waals surface area contributed by atoms with Gasteiger partial charge in [-0.3, -0.25) is 0 Å². The van der Waals surface area contributed by atoms with Crippen LogP contribution in [-0.2, 0) is 0 Å². The smallest absolute Gasteiger partial charge is 0.145 e. The van der Waals surface area contributed by atoms with Gasteiger partial charge in [-0.1, -0.05) is 20.8 Å². The number of nitrogen functional groups attached to an aromatic ring is 1. The first-order valence-electron chi connectivity index (χ1n) is 5.65. The highest BCUT2D eigenvalue weighted by Gasteiger charge is 2.09. The summed E-state index contributed by atoms with van der Waals surface area (Å²) >= 11 is 0. The van der Waals surface area contributed by atoms with Crippen molar-refractivity contribution < 1.29 is 0 Å². The molecule has 0 spiro atoms. The lowest BCUT2D eigenvalue weighted by Crippen LogP contribution is -2.21.